The Kier molecular flexibility index (Phi) is 3.01. The first-order valence-corrected chi connectivity index (χ1v) is 3.97. The number of aromatic nitrogens is 2. The number of nitriles is 1. The molecule has 0 saturated heterocycles. The van der Waals surface area contributed by atoms with Gasteiger partial charge in [-0.3, -0.25) is 0 Å². The minimum atomic E-state index is -1.42. The fourth-order valence-electron chi connectivity index (χ4n) is 1.07. The Bertz CT molecular complexity index is 315. The molecule has 0 aromatic carbocycles. The summed E-state index contributed by atoms with van der Waals surface area (Å²) in [5.41, 5.74) is 0. The van der Waals surface area contributed by atoms with E-state index < -0.39 is 12.2 Å². The summed E-state index contributed by atoms with van der Waals surface area (Å²) in [6, 6.07) is 1.56. The summed E-state index contributed by atoms with van der Waals surface area (Å²) in [7, 11) is 0. The van der Waals surface area contributed by atoms with Crippen LogP contribution in [0.2, 0.25) is 0 Å². The van der Waals surface area contributed by atoms with Crippen molar-refractivity contribution < 1.29 is 10.2 Å². The lowest BCUT2D eigenvalue weighted by molar-refractivity contribution is 0.0443. The first-order chi connectivity index (χ1) is 6.20. The third kappa shape index (κ3) is 1.86. The van der Waals surface area contributed by atoms with Crippen LogP contribution >= 0.6 is 0 Å². The molecule has 5 heteroatoms. The normalized spacial score (nSPS) is 14.9. The Morgan fingerprint density at radius 2 is 2.38 bits per heavy atom. The second kappa shape index (κ2) is 4.03. The molecule has 0 aliphatic heterocycles. The van der Waals surface area contributed by atoms with Gasteiger partial charge in [-0.05, 0) is 6.92 Å². The van der Waals surface area contributed by atoms with Gasteiger partial charge >= 0.3 is 0 Å². The second-order valence-electron chi connectivity index (χ2n) is 2.59. The predicted molar refractivity (Wildman–Crippen MR) is 44.5 cm³/mol. The van der Waals surface area contributed by atoms with Gasteiger partial charge in [0.1, 0.15) is 5.82 Å². The number of aliphatic hydroxyl groups is 2. The summed E-state index contributed by atoms with van der Waals surface area (Å²) in [6.07, 6.45) is 0.544. The lowest BCUT2D eigenvalue weighted by Gasteiger charge is -2.12. The molecule has 1 aromatic heterocycles. The quantitative estimate of drug-likeness (QED) is 0.634. The number of hydrogen-bond donors (Lipinski definition) is 2. The zero-order chi connectivity index (χ0) is 9.84. The van der Waals surface area contributed by atoms with Crippen LogP contribution in [0.5, 0.6) is 0 Å². The number of nitrogens with zero attached hydrogens (tertiary/aromatic N) is 3. The van der Waals surface area contributed by atoms with Crippen LogP contribution in [-0.2, 0) is 6.54 Å². The van der Waals surface area contributed by atoms with E-state index in [0.29, 0.717) is 12.4 Å². The largest absolute Gasteiger partial charge is 0.381 e. The average Bonchev–Trinajstić information content (AvgIpc) is 2.62. The van der Waals surface area contributed by atoms with Gasteiger partial charge in [0.2, 0.25) is 0 Å². The maximum atomic E-state index is 9.43. The lowest BCUT2D eigenvalue weighted by Crippen LogP contribution is -2.19. The highest BCUT2D eigenvalue weighted by atomic mass is 16.3. The van der Waals surface area contributed by atoms with Crippen LogP contribution in [0.25, 0.3) is 0 Å². The Morgan fingerprint density at radius 3 is 2.92 bits per heavy atom. The van der Waals surface area contributed by atoms with E-state index in [1.165, 1.54) is 6.20 Å². The van der Waals surface area contributed by atoms with Gasteiger partial charge in [0, 0.05) is 18.9 Å². The summed E-state index contributed by atoms with van der Waals surface area (Å²) < 4.78 is 1.67. The number of aryl methyl sites for hydroxylation is 1. The zero-order valence-corrected chi connectivity index (χ0v) is 7.25. The Hall–Kier alpha value is -1.38. The molecule has 0 amide bonds. The van der Waals surface area contributed by atoms with Crippen molar-refractivity contribution in [3.63, 3.8) is 0 Å². The first-order valence-electron chi connectivity index (χ1n) is 3.97. The van der Waals surface area contributed by atoms with Crippen molar-refractivity contribution in [3.8, 4) is 6.07 Å². The predicted octanol–water partition coefficient (Wildman–Crippen LogP) is -0.179. The summed E-state index contributed by atoms with van der Waals surface area (Å²) in [4.78, 5) is 3.86. The van der Waals surface area contributed by atoms with E-state index in [1.807, 2.05) is 6.92 Å². The second-order valence-corrected chi connectivity index (χ2v) is 2.59. The lowest BCUT2D eigenvalue weighted by atomic mass is 10.2. The fraction of sp³-hybridized carbons (Fsp3) is 0.500. The van der Waals surface area contributed by atoms with Crippen molar-refractivity contribution >= 4 is 0 Å². The summed E-state index contributed by atoms with van der Waals surface area (Å²) in [6.45, 7) is 2.53. The van der Waals surface area contributed by atoms with Gasteiger partial charge < -0.3 is 14.8 Å². The van der Waals surface area contributed by atoms with E-state index in [9.17, 15) is 5.11 Å². The van der Waals surface area contributed by atoms with Crippen LogP contribution in [0.15, 0.2) is 12.4 Å². The van der Waals surface area contributed by atoms with Crippen molar-refractivity contribution in [1.29, 1.82) is 5.26 Å². The van der Waals surface area contributed by atoms with Gasteiger partial charge in [-0.25, -0.2) is 4.98 Å². The summed E-state index contributed by atoms with van der Waals surface area (Å²) in [5.74, 6) is 0.316. The number of imidazole rings is 1. The van der Waals surface area contributed by atoms with Crippen molar-refractivity contribution in [2.45, 2.75) is 25.7 Å². The molecule has 13 heavy (non-hydrogen) atoms. The third-order valence-electron chi connectivity index (χ3n) is 1.78. The molecule has 0 saturated carbocycles. The molecule has 1 rings (SSSR count). The molecule has 0 fully saturated rings. The number of rotatable bonds is 3. The van der Waals surface area contributed by atoms with Crippen LogP contribution in [0.4, 0.5) is 0 Å². The van der Waals surface area contributed by atoms with E-state index >= 15 is 0 Å². The molecule has 2 unspecified atom stereocenters. The van der Waals surface area contributed by atoms with E-state index in [4.69, 9.17) is 10.4 Å². The van der Waals surface area contributed by atoms with Crippen LogP contribution < -0.4 is 0 Å². The molecular weight excluding hydrogens is 170 g/mol. The SMILES string of the molecule is CCn1ccnc1C(O)C(O)C#N. The Labute approximate surface area is 75.9 Å². The number of hydrogen-bond acceptors (Lipinski definition) is 4. The van der Waals surface area contributed by atoms with E-state index in [0.717, 1.165) is 0 Å². The zero-order valence-electron chi connectivity index (χ0n) is 7.25. The molecule has 5 nitrogen and oxygen atoms in total. The highest BCUT2D eigenvalue weighted by Gasteiger charge is 2.21. The van der Waals surface area contributed by atoms with Crippen LogP contribution in [-0.4, -0.2) is 25.9 Å². The number of aliphatic hydroxyl groups excluding tert-OH is 2. The van der Waals surface area contributed by atoms with Crippen molar-refractivity contribution in [3.05, 3.63) is 18.2 Å². The fourth-order valence-corrected chi connectivity index (χ4v) is 1.07. The minimum absolute atomic E-state index is 0.316. The monoisotopic (exact) mass is 181 g/mol. The molecule has 0 bridgehead atoms. The van der Waals surface area contributed by atoms with E-state index in [1.54, 1.807) is 16.8 Å². The van der Waals surface area contributed by atoms with Crippen molar-refractivity contribution in [2.24, 2.45) is 0 Å². The average molecular weight is 181 g/mol. The van der Waals surface area contributed by atoms with E-state index in [-0.39, 0.29) is 0 Å². The van der Waals surface area contributed by atoms with Gasteiger partial charge in [-0.2, -0.15) is 5.26 Å². The maximum absolute atomic E-state index is 9.43. The molecule has 0 aliphatic carbocycles. The molecular formula is C8H11N3O2. The van der Waals surface area contributed by atoms with Crippen LogP contribution in [0.1, 0.15) is 18.9 Å². The minimum Gasteiger partial charge on any atom is -0.381 e. The Morgan fingerprint density at radius 1 is 1.69 bits per heavy atom. The molecule has 0 aliphatic rings. The molecule has 2 atom stereocenters. The highest BCUT2D eigenvalue weighted by molar-refractivity contribution is 5.03. The summed E-state index contributed by atoms with van der Waals surface area (Å²) >= 11 is 0. The molecule has 70 valence electrons. The van der Waals surface area contributed by atoms with Gasteiger partial charge in [0.15, 0.2) is 12.2 Å². The van der Waals surface area contributed by atoms with Crippen molar-refractivity contribution in [2.75, 3.05) is 0 Å². The molecule has 1 aromatic rings. The van der Waals surface area contributed by atoms with Gasteiger partial charge in [0.05, 0.1) is 6.07 Å². The van der Waals surface area contributed by atoms with E-state index in [2.05, 4.69) is 4.98 Å². The van der Waals surface area contributed by atoms with Crippen LogP contribution in [0, 0.1) is 11.3 Å². The molecule has 2 N–H and O–H groups in total. The standard InChI is InChI=1S/C8H11N3O2/c1-2-11-4-3-10-8(11)7(13)6(12)5-9/h3-4,6-7,12-13H,2H2,1H3. The van der Waals surface area contributed by atoms with Gasteiger partial charge in [0.25, 0.3) is 0 Å². The molecule has 1 heterocycles. The smallest absolute Gasteiger partial charge is 0.173 e. The first kappa shape index (κ1) is 9.71. The maximum Gasteiger partial charge on any atom is 0.173 e. The highest BCUT2D eigenvalue weighted by Crippen LogP contribution is 2.14. The molecule has 0 radical (unpaired) electrons. The van der Waals surface area contributed by atoms with Gasteiger partial charge in [-0.1, -0.05) is 0 Å². The van der Waals surface area contributed by atoms with Gasteiger partial charge in [-0.15, -0.1) is 0 Å². The van der Waals surface area contributed by atoms with Crippen LogP contribution in [0.3, 0.4) is 0 Å². The molecule has 0 spiro atoms. The third-order valence-corrected chi connectivity index (χ3v) is 1.78. The Balaban J connectivity index is 2.88. The van der Waals surface area contributed by atoms with Crippen molar-refractivity contribution in [1.82, 2.24) is 9.55 Å². The topological polar surface area (TPSA) is 82.1 Å². The summed E-state index contributed by atoms with van der Waals surface area (Å²) in [5, 5.41) is 26.9.